The summed E-state index contributed by atoms with van der Waals surface area (Å²) in [6, 6.07) is 12.5. The van der Waals surface area contributed by atoms with Crippen molar-refractivity contribution >= 4 is 29.3 Å². The number of nitrogens with zero attached hydrogens (tertiary/aromatic N) is 1. The van der Waals surface area contributed by atoms with Crippen LogP contribution in [0.3, 0.4) is 0 Å². The predicted octanol–water partition coefficient (Wildman–Crippen LogP) is 2.34. The van der Waals surface area contributed by atoms with Crippen LogP contribution in [-0.4, -0.2) is 23.3 Å². The van der Waals surface area contributed by atoms with Crippen LogP contribution in [0.15, 0.2) is 54.6 Å². The van der Waals surface area contributed by atoms with E-state index in [-0.39, 0.29) is 12.2 Å². The minimum Gasteiger partial charge on any atom is -0.343 e. The first-order valence-corrected chi connectivity index (χ1v) is 7.55. The van der Waals surface area contributed by atoms with Gasteiger partial charge < -0.3 is 10.6 Å². The fourth-order valence-electron chi connectivity index (χ4n) is 2.00. The van der Waals surface area contributed by atoms with Gasteiger partial charge in [0, 0.05) is 29.5 Å². The molecular weight excluding hydrogens is 334 g/mol. The lowest BCUT2D eigenvalue weighted by Crippen LogP contribution is -2.31. The Bertz CT molecular complexity index is 896. The van der Waals surface area contributed by atoms with E-state index in [1.165, 1.54) is 36.4 Å². The van der Waals surface area contributed by atoms with Gasteiger partial charge in [0.15, 0.2) is 0 Å². The van der Waals surface area contributed by atoms with Crippen LogP contribution in [0.25, 0.3) is 6.08 Å². The van der Waals surface area contributed by atoms with Crippen molar-refractivity contribution in [3.05, 3.63) is 75.8 Å². The highest BCUT2D eigenvalue weighted by molar-refractivity contribution is 5.98. The van der Waals surface area contributed by atoms with Crippen molar-refractivity contribution in [3.8, 4) is 12.3 Å². The van der Waals surface area contributed by atoms with Crippen LogP contribution in [0.5, 0.6) is 0 Å². The molecule has 0 aliphatic heterocycles. The number of anilines is 1. The van der Waals surface area contributed by atoms with Gasteiger partial charge in [0.2, 0.25) is 11.8 Å². The van der Waals surface area contributed by atoms with E-state index in [0.717, 1.165) is 0 Å². The summed E-state index contributed by atoms with van der Waals surface area (Å²) in [6.45, 7) is -0.205. The normalized spacial score (nSPS) is 10.1. The zero-order valence-corrected chi connectivity index (χ0v) is 13.6. The largest absolute Gasteiger partial charge is 0.343 e. The van der Waals surface area contributed by atoms with Crippen molar-refractivity contribution in [2.45, 2.75) is 0 Å². The van der Waals surface area contributed by atoms with Crippen LogP contribution in [0.4, 0.5) is 11.4 Å². The van der Waals surface area contributed by atoms with E-state index in [9.17, 15) is 19.7 Å². The molecule has 0 unspecified atom stereocenters. The molecule has 0 aromatic heterocycles. The molecule has 2 amide bonds. The number of carbonyl (C=O) groups excluding carboxylic acids is 2. The molecule has 2 rings (SSSR count). The molecule has 2 aromatic carbocycles. The van der Waals surface area contributed by atoms with Crippen LogP contribution >= 0.6 is 0 Å². The zero-order chi connectivity index (χ0) is 18.9. The molecule has 0 saturated heterocycles. The van der Waals surface area contributed by atoms with Gasteiger partial charge in [0.1, 0.15) is 0 Å². The lowest BCUT2D eigenvalue weighted by atomic mass is 10.2. The smallest absolute Gasteiger partial charge is 0.269 e. The number of terminal acetylenes is 1. The molecule has 7 heteroatoms. The molecule has 0 bridgehead atoms. The third-order valence-electron chi connectivity index (χ3n) is 3.27. The van der Waals surface area contributed by atoms with Crippen LogP contribution in [-0.2, 0) is 9.59 Å². The monoisotopic (exact) mass is 349 g/mol. The van der Waals surface area contributed by atoms with Gasteiger partial charge in [-0.15, -0.1) is 6.42 Å². The fourth-order valence-corrected chi connectivity index (χ4v) is 2.00. The summed E-state index contributed by atoms with van der Waals surface area (Å²) in [7, 11) is 0. The van der Waals surface area contributed by atoms with E-state index >= 15 is 0 Å². The molecule has 2 N–H and O–H groups in total. The number of hydrogen-bond donors (Lipinski definition) is 2. The summed E-state index contributed by atoms with van der Waals surface area (Å²) >= 11 is 0. The van der Waals surface area contributed by atoms with Crippen molar-refractivity contribution in [2.24, 2.45) is 0 Å². The quantitative estimate of drug-likeness (QED) is 0.362. The minimum absolute atomic E-state index is 0.0304. The van der Waals surface area contributed by atoms with Gasteiger partial charge in [-0.2, -0.15) is 0 Å². The van der Waals surface area contributed by atoms with Crippen molar-refractivity contribution < 1.29 is 14.5 Å². The Morgan fingerprint density at radius 2 is 1.92 bits per heavy atom. The summed E-state index contributed by atoms with van der Waals surface area (Å²) in [5.41, 5.74) is 1.78. The molecule has 0 saturated carbocycles. The molecule has 0 atom stereocenters. The maximum Gasteiger partial charge on any atom is 0.269 e. The van der Waals surface area contributed by atoms with Gasteiger partial charge in [0.05, 0.1) is 11.5 Å². The maximum absolute atomic E-state index is 11.8. The minimum atomic E-state index is -0.502. The number of amides is 2. The Morgan fingerprint density at radius 1 is 1.19 bits per heavy atom. The van der Waals surface area contributed by atoms with E-state index in [1.807, 2.05) is 0 Å². The number of benzene rings is 2. The Kier molecular flexibility index (Phi) is 6.23. The summed E-state index contributed by atoms with van der Waals surface area (Å²) in [4.78, 5) is 33.6. The van der Waals surface area contributed by atoms with Crippen molar-refractivity contribution in [1.82, 2.24) is 5.32 Å². The highest BCUT2D eigenvalue weighted by Crippen LogP contribution is 2.12. The average Bonchev–Trinajstić information content (AvgIpc) is 2.65. The lowest BCUT2D eigenvalue weighted by Gasteiger charge is -2.06. The Hall–Kier alpha value is -3.92. The molecule has 0 spiro atoms. The molecule has 0 fully saturated rings. The molecule has 0 aliphatic rings. The predicted molar refractivity (Wildman–Crippen MR) is 98.1 cm³/mol. The molecule has 7 nitrogen and oxygen atoms in total. The van der Waals surface area contributed by atoms with E-state index in [0.29, 0.717) is 16.8 Å². The molecule has 0 radical (unpaired) electrons. The molecule has 130 valence electrons. The third kappa shape index (κ3) is 5.62. The van der Waals surface area contributed by atoms with Gasteiger partial charge in [-0.05, 0) is 42.0 Å². The Balaban J connectivity index is 1.83. The number of hydrogen-bond acceptors (Lipinski definition) is 4. The van der Waals surface area contributed by atoms with Gasteiger partial charge in [-0.3, -0.25) is 19.7 Å². The third-order valence-corrected chi connectivity index (χ3v) is 3.27. The van der Waals surface area contributed by atoms with Gasteiger partial charge >= 0.3 is 0 Å². The van der Waals surface area contributed by atoms with Crippen LogP contribution < -0.4 is 10.6 Å². The summed E-state index contributed by atoms with van der Waals surface area (Å²) in [5.74, 6) is 1.61. The first-order chi connectivity index (χ1) is 12.5. The number of carbonyl (C=O) groups is 2. The summed E-state index contributed by atoms with van der Waals surface area (Å²) < 4.78 is 0. The number of nitro groups is 1. The molecule has 0 aliphatic carbocycles. The van der Waals surface area contributed by atoms with E-state index in [1.54, 1.807) is 24.3 Å². The van der Waals surface area contributed by atoms with Crippen LogP contribution in [0.2, 0.25) is 0 Å². The Labute approximate surface area is 149 Å². The number of nitrogens with one attached hydrogen (secondary N) is 2. The van der Waals surface area contributed by atoms with Crippen molar-refractivity contribution in [1.29, 1.82) is 0 Å². The number of nitro benzene ring substituents is 1. The van der Waals surface area contributed by atoms with Crippen LogP contribution in [0.1, 0.15) is 11.1 Å². The second-order valence-electron chi connectivity index (χ2n) is 5.17. The zero-order valence-electron chi connectivity index (χ0n) is 13.6. The molecule has 0 heterocycles. The van der Waals surface area contributed by atoms with Gasteiger partial charge in [-0.25, -0.2) is 0 Å². The molecule has 2 aromatic rings. The standard InChI is InChI=1S/C19H15N3O4/c1-2-14-4-3-5-16(12-14)21-19(24)13-20-18(23)11-8-15-6-9-17(10-7-15)22(25)26/h1,3-12H,13H2,(H,20,23)(H,21,24)/b11-8+. The maximum atomic E-state index is 11.8. The lowest BCUT2D eigenvalue weighted by molar-refractivity contribution is -0.384. The topological polar surface area (TPSA) is 101 Å². The average molecular weight is 349 g/mol. The SMILES string of the molecule is C#Cc1cccc(NC(=O)CNC(=O)/C=C/c2ccc([N+](=O)[O-])cc2)c1. The second kappa shape index (κ2) is 8.80. The summed E-state index contributed by atoms with van der Waals surface area (Å²) in [6.07, 6.45) is 8.03. The van der Waals surface area contributed by atoms with Crippen LogP contribution in [0, 0.1) is 22.5 Å². The fraction of sp³-hybridized carbons (Fsp3) is 0.0526. The van der Waals surface area contributed by atoms with Crippen molar-refractivity contribution in [3.63, 3.8) is 0 Å². The number of non-ortho nitro benzene ring substituents is 1. The summed E-state index contributed by atoms with van der Waals surface area (Å²) in [5, 5.41) is 15.6. The van der Waals surface area contributed by atoms with Crippen molar-refractivity contribution in [2.75, 3.05) is 11.9 Å². The van der Waals surface area contributed by atoms with E-state index in [4.69, 9.17) is 6.42 Å². The first-order valence-electron chi connectivity index (χ1n) is 7.55. The highest BCUT2D eigenvalue weighted by atomic mass is 16.6. The first kappa shape index (κ1) is 18.4. The molecular formula is C19H15N3O4. The van der Waals surface area contributed by atoms with Gasteiger partial charge in [-0.1, -0.05) is 12.0 Å². The van der Waals surface area contributed by atoms with E-state index in [2.05, 4.69) is 16.6 Å². The highest BCUT2D eigenvalue weighted by Gasteiger charge is 2.05. The Morgan fingerprint density at radius 3 is 2.58 bits per heavy atom. The second-order valence-corrected chi connectivity index (χ2v) is 5.17. The van der Waals surface area contributed by atoms with E-state index < -0.39 is 16.7 Å². The molecule has 26 heavy (non-hydrogen) atoms. The number of rotatable bonds is 6. The van der Waals surface area contributed by atoms with Gasteiger partial charge in [0.25, 0.3) is 5.69 Å².